The summed E-state index contributed by atoms with van der Waals surface area (Å²) in [5.41, 5.74) is 0. The quantitative estimate of drug-likeness (QED) is 0.219. The second kappa shape index (κ2) is 17.4. The van der Waals surface area contributed by atoms with Crippen LogP contribution in [0.4, 0.5) is 0 Å². The Morgan fingerprint density at radius 1 is 0.450 bits per heavy atom. The predicted molar refractivity (Wildman–Crippen MR) is 99.0 cm³/mol. The molecule has 0 spiro atoms. The molecule has 0 aromatic heterocycles. The highest BCUT2D eigenvalue weighted by Gasteiger charge is 2.09. The lowest BCUT2D eigenvalue weighted by atomic mass is 10.1. The van der Waals surface area contributed by atoms with Crippen LogP contribution in [0, 0.1) is 0 Å². The Hall–Kier alpha value is 0.350. The molecule has 0 aromatic carbocycles. The third kappa shape index (κ3) is 16.4. The van der Waals surface area contributed by atoms with Crippen LogP contribution in [0.5, 0.6) is 0 Å². The Kier molecular flexibility index (Phi) is 17.7. The van der Waals surface area contributed by atoms with Gasteiger partial charge in [-0.2, -0.15) is 0 Å². The summed E-state index contributed by atoms with van der Waals surface area (Å²) in [6, 6.07) is 0. The molecule has 0 saturated heterocycles. The van der Waals surface area contributed by atoms with Gasteiger partial charge in [-0.1, -0.05) is 78.1 Å². The normalized spacial score (nSPS) is 12.8. The minimum absolute atomic E-state index is 0.714. The lowest BCUT2D eigenvalue weighted by Crippen LogP contribution is -2.09. The van der Waals surface area contributed by atoms with Crippen molar-refractivity contribution < 1.29 is 0 Å². The van der Waals surface area contributed by atoms with Gasteiger partial charge in [-0.15, -0.1) is 0 Å². The Morgan fingerprint density at radius 2 is 0.750 bits per heavy atom. The molecule has 0 amide bonds. The molecule has 0 aliphatic heterocycles. The minimum atomic E-state index is 0.714. The van der Waals surface area contributed by atoms with Crippen LogP contribution < -0.4 is 0 Å². The van der Waals surface area contributed by atoms with E-state index in [0.717, 1.165) is 0 Å². The van der Waals surface area contributed by atoms with Crippen molar-refractivity contribution in [3.63, 3.8) is 0 Å². The van der Waals surface area contributed by atoms with Gasteiger partial charge in [0.1, 0.15) is 11.5 Å². The largest absolute Gasteiger partial charge is 0.107 e. The van der Waals surface area contributed by atoms with Crippen molar-refractivity contribution in [2.75, 3.05) is 17.8 Å². The van der Waals surface area contributed by atoms with E-state index in [9.17, 15) is 0 Å². The van der Waals surface area contributed by atoms with Gasteiger partial charge < -0.3 is 0 Å². The first kappa shape index (κ1) is 20.3. The van der Waals surface area contributed by atoms with E-state index in [1.54, 1.807) is 0 Å². The fourth-order valence-corrected chi connectivity index (χ4v) is 4.31. The van der Waals surface area contributed by atoms with E-state index in [4.69, 9.17) is 0 Å². The third-order valence-corrected chi connectivity index (χ3v) is 6.16. The molecule has 0 heterocycles. The molecule has 1 unspecified atom stereocenters. The van der Waals surface area contributed by atoms with E-state index in [-0.39, 0.29) is 0 Å². The average Bonchev–Trinajstić information content (AvgIpc) is 2.45. The predicted octanol–water partition coefficient (Wildman–Crippen LogP) is 6.74. The summed E-state index contributed by atoms with van der Waals surface area (Å²) in [7, 11) is 0.714. The fraction of sp³-hybridized carbons (Fsp3) is 1.00. The molecular formula is C19H41S+. The molecule has 0 aliphatic rings. The third-order valence-electron chi connectivity index (χ3n) is 4.19. The monoisotopic (exact) mass is 301 g/mol. The lowest BCUT2D eigenvalue weighted by Gasteiger charge is -2.04. The first-order chi connectivity index (χ1) is 9.81. The number of hydrogen-bond donors (Lipinski definition) is 0. The van der Waals surface area contributed by atoms with E-state index in [0.29, 0.717) is 10.9 Å². The Bertz CT molecular complexity index is 167. The van der Waals surface area contributed by atoms with Gasteiger partial charge in [0.25, 0.3) is 0 Å². The summed E-state index contributed by atoms with van der Waals surface area (Å²) in [5, 5.41) is 0. The van der Waals surface area contributed by atoms with E-state index in [1.165, 1.54) is 101 Å². The van der Waals surface area contributed by atoms with Crippen LogP contribution in [-0.4, -0.2) is 17.8 Å². The summed E-state index contributed by atoms with van der Waals surface area (Å²) in [5.74, 6) is 3.00. The zero-order valence-corrected chi connectivity index (χ0v) is 15.5. The molecule has 20 heavy (non-hydrogen) atoms. The van der Waals surface area contributed by atoms with Crippen LogP contribution in [0.3, 0.4) is 0 Å². The van der Waals surface area contributed by atoms with Crippen molar-refractivity contribution in [3.8, 4) is 0 Å². The maximum absolute atomic E-state index is 2.49. The highest BCUT2D eigenvalue weighted by Crippen LogP contribution is 2.11. The van der Waals surface area contributed by atoms with Crippen LogP contribution in [0.25, 0.3) is 0 Å². The van der Waals surface area contributed by atoms with Gasteiger partial charge >= 0.3 is 0 Å². The number of hydrogen-bond acceptors (Lipinski definition) is 0. The van der Waals surface area contributed by atoms with Gasteiger partial charge in [0.05, 0.1) is 6.26 Å². The van der Waals surface area contributed by atoms with E-state index in [1.807, 2.05) is 0 Å². The minimum Gasteiger partial charge on any atom is -0.0654 e. The maximum Gasteiger partial charge on any atom is 0.107 e. The van der Waals surface area contributed by atoms with Gasteiger partial charge in [-0.3, -0.25) is 0 Å². The second-order valence-electron chi connectivity index (χ2n) is 6.43. The van der Waals surface area contributed by atoms with Crippen molar-refractivity contribution in [1.29, 1.82) is 0 Å². The molecule has 122 valence electrons. The Labute approximate surface area is 132 Å². The van der Waals surface area contributed by atoms with E-state index >= 15 is 0 Å². The molecule has 0 aromatic rings. The molecule has 0 saturated carbocycles. The van der Waals surface area contributed by atoms with Crippen LogP contribution >= 0.6 is 0 Å². The van der Waals surface area contributed by atoms with Crippen LogP contribution in [-0.2, 0) is 10.9 Å². The molecule has 0 N–H and O–H groups in total. The van der Waals surface area contributed by atoms with Crippen molar-refractivity contribution in [1.82, 2.24) is 0 Å². The first-order valence-electron chi connectivity index (χ1n) is 9.40. The summed E-state index contributed by atoms with van der Waals surface area (Å²) in [6.45, 7) is 4.60. The molecule has 0 fully saturated rings. The lowest BCUT2D eigenvalue weighted by molar-refractivity contribution is 0.563. The fourth-order valence-electron chi connectivity index (χ4n) is 2.71. The molecule has 0 bridgehead atoms. The Balaban J connectivity index is 3.07. The summed E-state index contributed by atoms with van der Waals surface area (Å²) < 4.78 is 0. The van der Waals surface area contributed by atoms with Crippen LogP contribution in [0.15, 0.2) is 0 Å². The zero-order valence-electron chi connectivity index (χ0n) is 14.7. The SMILES string of the molecule is CCCCCCCCCCCC[S+](C)CCCCCC. The van der Waals surface area contributed by atoms with Gasteiger partial charge in [0.2, 0.25) is 0 Å². The Morgan fingerprint density at radius 3 is 1.15 bits per heavy atom. The van der Waals surface area contributed by atoms with E-state index < -0.39 is 0 Å². The smallest absolute Gasteiger partial charge is 0.0654 e. The number of rotatable bonds is 16. The molecule has 1 heteroatoms. The highest BCUT2D eigenvalue weighted by atomic mass is 32.2. The highest BCUT2D eigenvalue weighted by molar-refractivity contribution is 7.96. The second-order valence-corrected chi connectivity index (χ2v) is 8.81. The molecular weight excluding hydrogens is 260 g/mol. The van der Waals surface area contributed by atoms with Gasteiger partial charge in [-0.05, 0) is 36.6 Å². The summed E-state index contributed by atoms with van der Waals surface area (Å²) in [4.78, 5) is 0. The maximum atomic E-state index is 2.49. The van der Waals surface area contributed by atoms with Gasteiger partial charge in [-0.25, -0.2) is 0 Å². The van der Waals surface area contributed by atoms with Crippen LogP contribution in [0.1, 0.15) is 104 Å². The van der Waals surface area contributed by atoms with Crippen molar-refractivity contribution in [3.05, 3.63) is 0 Å². The van der Waals surface area contributed by atoms with Crippen molar-refractivity contribution in [2.24, 2.45) is 0 Å². The number of unbranched alkanes of at least 4 members (excludes halogenated alkanes) is 12. The van der Waals surface area contributed by atoms with Gasteiger partial charge in [0.15, 0.2) is 0 Å². The van der Waals surface area contributed by atoms with Crippen LogP contribution in [0.2, 0.25) is 0 Å². The van der Waals surface area contributed by atoms with E-state index in [2.05, 4.69) is 20.1 Å². The zero-order chi connectivity index (χ0) is 14.9. The topological polar surface area (TPSA) is 0 Å². The molecule has 0 aliphatic carbocycles. The summed E-state index contributed by atoms with van der Waals surface area (Å²) >= 11 is 0. The molecule has 0 radical (unpaired) electrons. The van der Waals surface area contributed by atoms with Gasteiger partial charge in [0, 0.05) is 0 Å². The molecule has 0 nitrogen and oxygen atoms in total. The van der Waals surface area contributed by atoms with Crippen molar-refractivity contribution in [2.45, 2.75) is 104 Å². The molecule has 0 rings (SSSR count). The molecule has 1 atom stereocenters. The first-order valence-corrected chi connectivity index (χ1v) is 11.4. The average molecular weight is 302 g/mol. The summed E-state index contributed by atoms with van der Waals surface area (Å²) in [6.07, 6.45) is 22.9. The van der Waals surface area contributed by atoms with Crippen molar-refractivity contribution >= 4 is 10.9 Å². The standard InChI is InChI=1S/C19H41S/c1-4-6-8-10-11-12-13-14-15-17-19-20(3)18-16-9-7-5-2/h4-19H2,1-3H3/q+1.